The number of pyridine rings is 1. The number of fused-ring (bicyclic) bond motifs is 1. The number of aromatic nitrogens is 2. The topological polar surface area (TPSA) is 107 Å². The number of carbonyl (C=O) groups excluding carboxylic acids is 2. The summed E-state index contributed by atoms with van der Waals surface area (Å²) in [5.41, 5.74) is 0.837. The van der Waals surface area contributed by atoms with Crippen molar-refractivity contribution >= 4 is 34.4 Å². The molecule has 0 spiro atoms. The van der Waals surface area contributed by atoms with Gasteiger partial charge in [0.25, 0.3) is 0 Å². The first-order valence-electron chi connectivity index (χ1n) is 13.5. The summed E-state index contributed by atoms with van der Waals surface area (Å²) in [6, 6.07) is 10.2. The second-order valence-corrected chi connectivity index (χ2v) is 12.5. The second-order valence-electron chi connectivity index (χ2n) is 11.5. The molecular weight excluding hydrogens is 540 g/mol. The molecule has 0 fully saturated rings. The molecule has 0 saturated carbocycles. The number of carbonyl (C=O) groups is 3. The highest BCUT2D eigenvalue weighted by molar-refractivity contribution is 7.09. The highest BCUT2D eigenvalue weighted by Crippen LogP contribution is 2.38. The number of rotatable bonds is 11. The van der Waals surface area contributed by atoms with Gasteiger partial charge in [0.15, 0.2) is 5.78 Å². The molecule has 1 N–H and O–H groups in total. The molecular formula is C32H36N2O6S. The fourth-order valence-corrected chi connectivity index (χ4v) is 5.34. The van der Waals surface area contributed by atoms with Crippen molar-refractivity contribution < 1.29 is 29.0 Å². The predicted octanol–water partition coefficient (Wildman–Crippen LogP) is 6.80. The van der Waals surface area contributed by atoms with Gasteiger partial charge in [-0.3, -0.25) is 14.4 Å². The van der Waals surface area contributed by atoms with E-state index in [1.54, 1.807) is 68.0 Å². The van der Waals surface area contributed by atoms with E-state index in [4.69, 9.17) is 9.47 Å². The van der Waals surface area contributed by atoms with Crippen molar-refractivity contribution in [3.8, 4) is 11.5 Å². The van der Waals surface area contributed by atoms with Gasteiger partial charge in [-0.05, 0) is 62.6 Å². The Morgan fingerprint density at radius 1 is 1.05 bits per heavy atom. The quantitative estimate of drug-likeness (QED) is 0.196. The van der Waals surface area contributed by atoms with Gasteiger partial charge in [0, 0.05) is 39.9 Å². The predicted molar refractivity (Wildman–Crippen MR) is 159 cm³/mol. The standard InChI is InChI=1S/C32H36N2O6S/c1-8-32(6,30(37)38)16-23-26(29(36)31(3,4)5)24-15-22(40-17-25-33-19(2)18-41-25)13-14-34(24)27(23)28(35)20-9-11-21(39-7)12-10-20/h9-15,18H,8,16-17H2,1-7H3,(H,37,38). The number of hydrogen-bond donors (Lipinski definition) is 1. The summed E-state index contributed by atoms with van der Waals surface area (Å²) in [4.78, 5) is 45.1. The molecule has 0 bridgehead atoms. The zero-order chi connectivity index (χ0) is 30.1. The molecule has 0 aliphatic heterocycles. The number of aryl methyl sites for hydroxylation is 1. The fraction of sp³-hybridized carbons (Fsp3) is 0.375. The number of carboxylic acid groups (broad SMARTS) is 1. The van der Waals surface area contributed by atoms with E-state index in [9.17, 15) is 19.5 Å². The lowest BCUT2D eigenvalue weighted by molar-refractivity contribution is -0.148. The normalized spacial score (nSPS) is 13.1. The Labute approximate surface area is 244 Å². The molecule has 0 aliphatic carbocycles. The van der Waals surface area contributed by atoms with E-state index in [0.717, 1.165) is 10.7 Å². The molecule has 8 nitrogen and oxygen atoms in total. The summed E-state index contributed by atoms with van der Waals surface area (Å²) in [5, 5.41) is 12.9. The van der Waals surface area contributed by atoms with Crippen LogP contribution in [0.25, 0.3) is 5.52 Å². The zero-order valence-corrected chi connectivity index (χ0v) is 25.3. The van der Waals surface area contributed by atoms with Crippen LogP contribution in [-0.4, -0.2) is 39.1 Å². The number of nitrogens with zero attached hydrogens (tertiary/aromatic N) is 2. The molecule has 41 heavy (non-hydrogen) atoms. The van der Waals surface area contributed by atoms with Crippen LogP contribution in [0.4, 0.5) is 0 Å². The van der Waals surface area contributed by atoms with Crippen molar-refractivity contribution in [3.63, 3.8) is 0 Å². The van der Waals surface area contributed by atoms with Gasteiger partial charge in [0.05, 0.1) is 23.7 Å². The van der Waals surface area contributed by atoms with Crippen LogP contribution in [0.15, 0.2) is 48.0 Å². The number of methoxy groups -OCH3 is 1. The lowest BCUT2D eigenvalue weighted by Crippen LogP contribution is -2.31. The van der Waals surface area contributed by atoms with Gasteiger partial charge in [-0.25, -0.2) is 4.98 Å². The minimum Gasteiger partial charge on any atom is -0.497 e. The molecule has 0 aliphatic rings. The second kappa shape index (κ2) is 11.5. The van der Waals surface area contributed by atoms with Gasteiger partial charge in [-0.2, -0.15) is 0 Å². The van der Waals surface area contributed by atoms with Crippen molar-refractivity contribution in [1.29, 1.82) is 0 Å². The minimum absolute atomic E-state index is 0.00345. The number of carboxylic acids is 1. The zero-order valence-electron chi connectivity index (χ0n) is 24.5. The highest BCUT2D eigenvalue weighted by atomic mass is 32.1. The van der Waals surface area contributed by atoms with Gasteiger partial charge in [0.1, 0.15) is 23.1 Å². The van der Waals surface area contributed by atoms with Crippen LogP contribution in [0.1, 0.15) is 83.7 Å². The van der Waals surface area contributed by atoms with E-state index in [2.05, 4.69) is 4.98 Å². The Bertz CT molecular complexity index is 1610. The molecule has 0 radical (unpaired) electrons. The van der Waals surface area contributed by atoms with Crippen molar-refractivity contribution in [2.24, 2.45) is 10.8 Å². The van der Waals surface area contributed by atoms with Crippen LogP contribution in [0.2, 0.25) is 0 Å². The number of aliphatic carboxylic acids is 1. The van der Waals surface area contributed by atoms with Gasteiger partial charge in [-0.1, -0.05) is 27.7 Å². The Kier molecular flexibility index (Phi) is 8.40. The average molecular weight is 577 g/mol. The lowest BCUT2D eigenvalue weighted by Gasteiger charge is -2.25. The number of ether oxygens (including phenoxy) is 2. The first-order chi connectivity index (χ1) is 19.3. The van der Waals surface area contributed by atoms with E-state index in [1.165, 1.54) is 11.3 Å². The molecule has 3 aromatic heterocycles. The third-order valence-corrected chi connectivity index (χ3v) is 8.32. The monoisotopic (exact) mass is 576 g/mol. The number of thiazole rings is 1. The number of Topliss-reactive ketones (excluding diaryl/α,β-unsaturated/α-hetero) is 1. The van der Waals surface area contributed by atoms with Gasteiger partial charge < -0.3 is 19.0 Å². The molecule has 3 heterocycles. The van der Waals surface area contributed by atoms with Crippen molar-refractivity contribution in [1.82, 2.24) is 9.38 Å². The van der Waals surface area contributed by atoms with Crippen molar-refractivity contribution in [2.75, 3.05) is 7.11 Å². The summed E-state index contributed by atoms with van der Waals surface area (Å²) in [7, 11) is 1.55. The molecule has 1 aromatic carbocycles. The first-order valence-corrected chi connectivity index (χ1v) is 14.3. The maximum absolute atomic E-state index is 14.1. The van der Waals surface area contributed by atoms with E-state index < -0.39 is 16.8 Å². The van der Waals surface area contributed by atoms with Crippen LogP contribution >= 0.6 is 11.3 Å². The van der Waals surface area contributed by atoms with Gasteiger partial charge >= 0.3 is 5.97 Å². The summed E-state index contributed by atoms with van der Waals surface area (Å²) < 4.78 is 13.0. The van der Waals surface area contributed by atoms with E-state index in [-0.39, 0.29) is 30.3 Å². The van der Waals surface area contributed by atoms with Gasteiger partial charge in [0.2, 0.25) is 5.78 Å². The summed E-state index contributed by atoms with van der Waals surface area (Å²) >= 11 is 1.50. The Hall–Kier alpha value is -3.98. The summed E-state index contributed by atoms with van der Waals surface area (Å²) in [6.07, 6.45) is 2.03. The third kappa shape index (κ3) is 6.05. The number of ketones is 2. The number of benzene rings is 1. The van der Waals surface area contributed by atoms with E-state index in [1.807, 2.05) is 33.1 Å². The Balaban J connectivity index is 1.97. The average Bonchev–Trinajstić information content (AvgIpc) is 3.50. The first kappa shape index (κ1) is 30.0. The lowest BCUT2D eigenvalue weighted by atomic mass is 9.77. The summed E-state index contributed by atoms with van der Waals surface area (Å²) in [6.45, 7) is 11.1. The third-order valence-electron chi connectivity index (χ3n) is 7.38. The molecule has 0 amide bonds. The molecule has 0 saturated heterocycles. The van der Waals surface area contributed by atoms with Crippen LogP contribution < -0.4 is 9.47 Å². The maximum atomic E-state index is 14.1. The molecule has 4 rings (SSSR count). The van der Waals surface area contributed by atoms with Crippen LogP contribution in [0.5, 0.6) is 11.5 Å². The van der Waals surface area contributed by atoms with Crippen LogP contribution in [0, 0.1) is 17.8 Å². The number of hydrogen-bond acceptors (Lipinski definition) is 7. The molecule has 1 unspecified atom stereocenters. The van der Waals surface area contributed by atoms with E-state index >= 15 is 0 Å². The molecule has 1 atom stereocenters. The minimum atomic E-state index is -1.20. The fourth-order valence-electron chi connectivity index (χ4n) is 4.66. The van der Waals surface area contributed by atoms with E-state index in [0.29, 0.717) is 40.1 Å². The Morgan fingerprint density at radius 2 is 1.73 bits per heavy atom. The molecule has 216 valence electrons. The van der Waals surface area contributed by atoms with Crippen molar-refractivity contribution in [3.05, 3.63) is 81.1 Å². The highest BCUT2D eigenvalue weighted by Gasteiger charge is 2.39. The molecule has 4 aromatic rings. The largest absolute Gasteiger partial charge is 0.497 e. The maximum Gasteiger partial charge on any atom is 0.309 e. The van der Waals surface area contributed by atoms with Gasteiger partial charge in [-0.15, -0.1) is 11.3 Å². The Morgan fingerprint density at radius 3 is 2.27 bits per heavy atom. The smallest absolute Gasteiger partial charge is 0.309 e. The van der Waals surface area contributed by atoms with Crippen LogP contribution in [0.3, 0.4) is 0 Å². The van der Waals surface area contributed by atoms with Crippen LogP contribution in [-0.2, 0) is 17.8 Å². The summed E-state index contributed by atoms with van der Waals surface area (Å²) in [5.74, 6) is -0.379. The SMILES string of the molecule is CCC(C)(Cc1c(C(=O)C(C)(C)C)c2cc(OCc3nc(C)cs3)ccn2c1C(=O)c1ccc(OC)cc1)C(=O)O. The van der Waals surface area contributed by atoms with Crippen molar-refractivity contribution in [2.45, 2.75) is 61.0 Å². The molecule has 9 heteroatoms.